The molecule has 65 heavy (non-hydrogen) atoms. The topological polar surface area (TPSA) is 206 Å². The molecule has 0 radical (unpaired) electrons. The molecular formula is C47H56N4O13S. The van der Waals surface area contributed by atoms with Crippen LogP contribution in [0.25, 0.3) is 11.0 Å². The van der Waals surface area contributed by atoms with Crippen LogP contribution in [0.1, 0.15) is 89.0 Å². The van der Waals surface area contributed by atoms with E-state index < -0.39 is 60.7 Å². The number of imidazole rings is 1. The monoisotopic (exact) mass is 916 g/mol. The van der Waals surface area contributed by atoms with Crippen molar-refractivity contribution in [3.8, 4) is 0 Å². The van der Waals surface area contributed by atoms with Crippen molar-refractivity contribution in [2.45, 2.75) is 116 Å². The van der Waals surface area contributed by atoms with E-state index in [1.165, 1.54) is 13.8 Å². The lowest BCUT2D eigenvalue weighted by Gasteiger charge is -2.44. The highest BCUT2D eigenvalue weighted by atomic mass is 32.1. The average molecular weight is 917 g/mol. The summed E-state index contributed by atoms with van der Waals surface area (Å²) in [6.45, 7) is 8.60. The summed E-state index contributed by atoms with van der Waals surface area (Å²) in [7, 11) is 0. The zero-order valence-electron chi connectivity index (χ0n) is 37.0. The van der Waals surface area contributed by atoms with Gasteiger partial charge in [0.1, 0.15) is 18.8 Å². The molecule has 1 aromatic heterocycles. The van der Waals surface area contributed by atoms with Crippen LogP contribution in [0.5, 0.6) is 0 Å². The van der Waals surface area contributed by atoms with Crippen LogP contribution in [0.3, 0.4) is 0 Å². The van der Waals surface area contributed by atoms with Crippen molar-refractivity contribution in [3.63, 3.8) is 0 Å². The molecule has 3 saturated heterocycles. The van der Waals surface area contributed by atoms with Gasteiger partial charge in [-0.05, 0) is 48.2 Å². The summed E-state index contributed by atoms with van der Waals surface area (Å²) in [5.74, 6) is -2.84. The van der Waals surface area contributed by atoms with Crippen molar-refractivity contribution in [1.29, 1.82) is 0 Å². The first-order chi connectivity index (χ1) is 31.2. The lowest BCUT2D eigenvalue weighted by Crippen LogP contribution is -2.62. The molecule has 0 amide bonds. The standard InChI is InChI=1S/C47H56N4O13S/c1-26-39(23-50-19-17-35(18-20-50)51-37-12-7-6-11-36(37)49-47(51)57)63-46(64-42(26)32-15-13-31(24-52)14-16-32)33-9-8-10-34(21-33)48-41(65)22-38-43(59-28(3)54)45(61-30(5)56)44(60-29(4)55)40(62-38)25-58-27(2)53/h6-16,21,26,35,38-40,42-46,52H,17-20,22-25H2,1-5H3,(H,48,65)(H,49,57). The van der Waals surface area contributed by atoms with Gasteiger partial charge in [0.25, 0.3) is 0 Å². The van der Waals surface area contributed by atoms with E-state index in [2.05, 4.69) is 22.1 Å². The number of thiocarbonyl (C=S) groups is 1. The predicted octanol–water partition coefficient (Wildman–Crippen LogP) is 5.21. The number of fused-ring (bicyclic) bond motifs is 1. The van der Waals surface area contributed by atoms with Gasteiger partial charge >= 0.3 is 29.6 Å². The number of H-pyrrole nitrogens is 1. The number of hydrogen-bond acceptors (Lipinski definition) is 15. The van der Waals surface area contributed by atoms with Crippen molar-refractivity contribution in [3.05, 3.63) is 100.0 Å². The van der Waals surface area contributed by atoms with E-state index in [1.54, 1.807) is 0 Å². The number of benzene rings is 3. The second-order valence-electron chi connectivity index (χ2n) is 16.8. The Hall–Kier alpha value is -5.50. The number of aliphatic hydroxyl groups is 1. The van der Waals surface area contributed by atoms with Crippen LogP contribution < -0.4 is 11.0 Å². The maximum atomic E-state index is 13.0. The number of carbonyl (C=O) groups excluding carboxylic acids is 4. The number of nitrogens with zero attached hydrogens (tertiary/aromatic N) is 2. The Labute approximate surface area is 381 Å². The summed E-state index contributed by atoms with van der Waals surface area (Å²) in [5.41, 5.74) is 4.70. The number of piperidine rings is 1. The second kappa shape index (κ2) is 21.2. The van der Waals surface area contributed by atoms with Crippen molar-refractivity contribution in [1.82, 2.24) is 14.5 Å². The Morgan fingerprint density at radius 3 is 2.11 bits per heavy atom. The summed E-state index contributed by atoms with van der Waals surface area (Å²) in [4.78, 5) is 67.3. The van der Waals surface area contributed by atoms with Gasteiger partial charge in [0.15, 0.2) is 24.6 Å². The minimum Gasteiger partial charge on any atom is -0.463 e. The number of aliphatic hydroxyl groups excluding tert-OH is 1. The SMILES string of the molecule is CC(=O)OCC1OC(CC(=S)Nc2cccc(C3OC(CN4CCC(n5c(=O)[nH]c6ccccc65)CC4)C(C)C(c4ccc(CO)cc4)O3)c2)C(OC(C)=O)C(OC(C)=O)C1OC(C)=O. The summed E-state index contributed by atoms with van der Waals surface area (Å²) in [5, 5.41) is 13.0. The van der Waals surface area contributed by atoms with Crippen LogP contribution in [0.4, 0.5) is 5.69 Å². The molecule has 4 heterocycles. The molecule has 0 spiro atoms. The third-order valence-electron chi connectivity index (χ3n) is 12.0. The van der Waals surface area contributed by atoms with Gasteiger partial charge < -0.3 is 53.5 Å². The Balaban J connectivity index is 1.08. The average Bonchev–Trinajstić information content (AvgIpc) is 3.61. The zero-order valence-corrected chi connectivity index (χ0v) is 37.8. The number of ether oxygens (including phenoxy) is 7. The molecule has 0 bridgehead atoms. The molecule has 3 aliphatic rings. The largest absolute Gasteiger partial charge is 0.463 e. The van der Waals surface area contributed by atoms with E-state index >= 15 is 0 Å². The third kappa shape index (κ3) is 11.7. The van der Waals surface area contributed by atoms with E-state index in [0.29, 0.717) is 12.2 Å². The van der Waals surface area contributed by atoms with E-state index in [9.17, 15) is 29.1 Å². The van der Waals surface area contributed by atoms with Crippen LogP contribution in [-0.4, -0.2) is 111 Å². The number of para-hydroxylation sites is 2. The zero-order chi connectivity index (χ0) is 46.4. The first-order valence-corrected chi connectivity index (χ1v) is 22.2. The van der Waals surface area contributed by atoms with E-state index in [-0.39, 0.29) is 54.5 Å². The molecule has 0 saturated carbocycles. The van der Waals surface area contributed by atoms with Gasteiger partial charge in [-0.1, -0.05) is 67.7 Å². The van der Waals surface area contributed by atoms with Gasteiger partial charge in [0.05, 0.1) is 34.8 Å². The van der Waals surface area contributed by atoms with Crippen molar-refractivity contribution >= 4 is 57.8 Å². The fourth-order valence-electron chi connectivity index (χ4n) is 9.02. The number of nitrogens with one attached hydrogen (secondary N) is 2. The molecule has 4 aromatic rings. The Morgan fingerprint density at radius 2 is 1.45 bits per heavy atom. The second-order valence-corrected chi connectivity index (χ2v) is 17.3. The van der Waals surface area contributed by atoms with Crippen LogP contribution in [-0.2, 0) is 58.9 Å². The molecule has 0 aliphatic carbocycles. The number of likely N-dealkylation sites (tertiary alicyclic amines) is 1. The number of hydrogen-bond donors (Lipinski definition) is 3. The third-order valence-corrected chi connectivity index (χ3v) is 12.3. The highest BCUT2D eigenvalue weighted by molar-refractivity contribution is 7.80. The number of aromatic amines is 1. The summed E-state index contributed by atoms with van der Waals surface area (Å²) in [6, 6.07) is 23.0. The molecule has 3 N–H and O–H groups in total. The molecule has 3 fully saturated rings. The van der Waals surface area contributed by atoms with Gasteiger partial charge in [0, 0.05) is 77.0 Å². The van der Waals surface area contributed by atoms with Crippen molar-refractivity contribution in [2.24, 2.45) is 5.92 Å². The highest BCUT2D eigenvalue weighted by Gasteiger charge is 2.52. The first-order valence-electron chi connectivity index (χ1n) is 21.8. The van der Waals surface area contributed by atoms with Gasteiger partial charge in [-0.15, -0.1) is 0 Å². The smallest absolute Gasteiger partial charge is 0.326 e. The Bertz CT molecular complexity index is 2400. The normalized spacial score (nSPS) is 26.2. The summed E-state index contributed by atoms with van der Waals surface area (Å²) >= 11 is 5.83. The van der Waals surface area contributed by atoms with E-state index in [1.807, 2.05) is 77.4 Å². The Morgan fingerprint density at radius 1 is 0.785 bits per heavy atom. The number of esters is 4. The number of rotatable bonds is 14. The van der Waals surface area contributed by atoms with Gasteiger partial charge in [0.2, 0.25) is 0 Å². The van der Waals surface area contributed by atoms with Gasteiger partial charge in [-0.2, -0.15) is 0 Å². The van der Waals surface area contributed by atoms with Crippen LogP contribution in [0.15, 0.2) is 77.6 Å². The molecule has 9 atom stereocenters. The van der Waals surface area contributed by atoms with Gasteiger partial charge in [-0.25, -0.2) is 4.79 Å². The number of carbonyl (C=O) groups is 4. The summed E-state index contributed by atoms with van der Waals surface area (Å²) < 4.78 is 43.7. The molecule has 18 heteroatoms. The molecule has 17 nitrogen and oxygen atoms in total. The van der Waals surface area contributed by atoms with Gasteiger partial charge in [-0.3, -0.25) is 23.7 Å². The number of anilines is 1. The van der Waals surface area contributed by atoms with Crippen LogP contribution in [0.2, 0.25) is 0 Å². The van der Waals surface area contributed by atoms with Crippen molar-refractivity contribution in [2.75, 3.05) is 31.6 Å². The number of aromatic nitrogens is 2. The molecule has 348 valence electrons. The van der Waals surface area contributed by atoms with E-state index in [0.717, 1.165) is 67.5 Å². The van der Waals surface area contributed by atoms with E-state index in [4.69, 9.17) is 45.4 Å². The fourth-order valence-corrected chi connectivity index (χ4v) is 9.30. The maximum absolute atomic E-state index is 13.0. The highest BCUT2D eigenvalue weighted by Crippen LogP contribution is 2.43. The van der Waals surface area contributed by atoms with Crippen LogP contribution >= 0.6 is 12.2 Å². The fraction of sp³-hybridized carbons (Fsp3) is 0.489. The predicted molar refractivity (Wildman–Crippen MR) is 239 cm³/mol. The molecule has 3 aromatic carbocycles. The molecule has 7 rings (SSSR count). The minimum absolute atomic E-state index is 0.0494. The lowest BCUT2D eigenvalue weighted by molar-refractivity contribution is -0.276. The van der Waals surface area contributed by atoms with Crippen LogP contribution in [0, 0.1) is 5.92 Å². The van der Waals surface area contributed by atoms with Crippen molar-refractivity contribution < 1.29 is 57.4 Å². The first kappa shape index (κ1) is 47.5. The minimum atomic E-state index is -1.31. The Kier molecular flexibility index (Phi) is 15.5. The molecule has 9 unspecified atom stereocenters. The lowest BCUT2D eigenvalue weighted by atomic mass is 9.89. The maximum Gasteiger partial charge on any atom is 0.326 e. The molecule has 3 aliphatic heterocycles. The molecular weight excluding hydrogens is 861 g/mol. The quantitative estimate of drug-likeness (QED) is 0.0844. The summed E-state index contributed by atoms with van der Waals surface area (Å²) in [6.07, 6.45) is -5.80.